The molecule has 0 aliphatic carbocycles. The van der Waals surface area contributed by atoms with Crippen molar-refractivity contribution in [2.45, 2.75) is 25.9 Å². The Hall–Kier alpha value is -2.86. The zero-order chi connectivity index (χ0) is 25.6. The van der Waals surface area contributed by atoms with Crippen LogP contribution >= 0.6 is 0 Å². The first-order chi connectivity index (χ1) is 16.1. The van der Waals surface area contributed by atoms with Crippen LogP contribution in [0.2, 0.25) is 0 Å². The van der Waals surface area contributed by atoms with Gasteiger partial charge in [0.15, 0.2) is 0 Å². The molecule has 1 heterocycles. The van der Waals surface area contributed by atoms with E-state index in [1.807, 2.05) is 11.8 Å². The number of amides is 2. The molecule has 34 heavy (non-hydrogen) atoms. The van der Waals surface area contributed by atoms with Gasteiger partial charge in [-0.25, -0.2) is 4.79 Å². The summed E-state index contributed by atoms with van der Waals surface area (Å²) in [4.78, 5) is 37.8. The number of carbonyl (C=O) groups is 3. The number of ether oxygens (including phenoxy) is 2. The summed E-state index contributed by atoms with van der Waals surface area (Å²) in [5, 5.41) is 10.4. The summed E-state index contributed by atoms with van der Waals surface area (Å²) >= 11 is 0. The Morgan fingerprint density at radius 2 is 1.71 bits per heavy atom. The van der Waals surface area contributed by atoms with Crippen LogP contribution in [0, 0.1) is 0 Å². The van der Waals surface area contributed by atoms with Gasteiger partial charge in [-0.3, -0.25) is 9.59 Å². The lowest BCUT2D eigenvalue weighted by Gasteiger charge is -2.29. The van der Waals surface area contributed by atoms with E-state index in [-0.39, 0.29) is 11.8 Å². The van der Waals surface area contributed by atoms with Crippen LogP contribution in [0.5, 0.6) is 5.75 Å². The second-order valence-electron chi connectivity index (χ2n) is 7.28. The largest absolute Gasteiger partial charge is 0.494 e. The summed E-state index contributed by atoms with van der Waals surface area (Å²) in [7, 11) is 1.65. The molecule has 0 spiro atoms. The fourth-order valence-electron chi connectivity index (χ4n) is 3.06. The second-order valence-corrected chi connectivity index (χ2v) is 7.28. The lowest BCUT2D eigenvalue weighted by atomic mass is 10.1. The summed E-state index contributed by atoms with van der Waals surface area (Å²) in [5.74, 6) is -1.98. The van der Waals surface area contributed by atoms with Gasteiger partial charge in [0, 0.05) is 65.0 Å². The number of methoxy groups -OCH3 is 1. The molecular weight excluding hydrogens is 459 g/mol. The number of hydrogen-bond donors (Lipinski definition) is 2. The molecule has 0 atom stereocenters. The highest BCUT2D eigenvalue weighted by molar-refractivity contribution is 5.94. The van der Waals surface area contributed by atoms with Gasteiger partial charge in [-0.15, -0.1) is 0 Å². The van der Waals surface area contributed by atoms with Gasteiger partial charge < -0.3 is 29.7 Å². The number of hydrogen-bond acceptors (Lipinski definition) is 6. The first kappa shape index (κ1) is 29.2. The molecule has 0 bridgehead atoms. The molecule has 1 aromatic carbocycles. The van der Waals surface area contributed by atoms with Crippen molar-refractivity contribution in [2.24, 2.45) is 0 Å². The van der Waals surface area contributed by atoms with Crippen LogP contribution < -0.4 is 10.1 Å². The van der Waals surface area contributed by atoms with E-state index >= 15 is 0 Å². The van der Waals surface area contributed by atoms with Crippen molar-refractivity contribution in [3.05, 3.63) is 29.8 Å². The number of carboxylic acids is 1. The van der Waals surface area contributed by atoms with Gasteiger partial charge in [-0.1, -0.05) is 0 Å². The normalized spacial score (nSPS) is 13.5. The van der Waals surface area contributed by atoms with E-state index in [1.54, 1.807) is 36.3 Å². The number of halogens is 3. The number of alkyl halides is 3. The molecule has 1 aromatic rings. The number of benzene rings is 1. The molecular formula is C22H32F3N3O6. The number of nitrogens with one attached hydrogen (secondary N) is 1. The fourth-order valence-corrected chi connectivity index (χ4v) is 3.06. The Morgan fingerprint density at radius 3 is 2.21 bits per heavy atom. The molecule has 0 aromatic heterocycles. The predicted molar refractivity (Wildman–Crippen MR) is 118 cm³/mol. The third kappa shape index (κ3) is 10.8. The molecule has 1 aliphatic heterocycles. The van der Waals surface area contributed by atoms with Crippen molar-refractivity contribution in [3.8, 4) is 5.75 Å². The minimum absolute atomic E-state index is 0.0673. The summed E-state index contributed by atoms with van der Waals surface area (Å²) in [5.41, 5.74) is 0.602. The molecule has 12 heteroatoms. The lowest BCUT2D eigenvalue weighted by Crippen LogP contribution is -2.47. The highest BCUT2D eigenvalue weighted by Crippen LogP contribution is 2.15. The predicted octanol–water partition coefficient (Wildman–Crippen LogP) is 2.02. The number of rotatable bonds is 10. The molecule has 2 N–H and O–H groups in total. The molecule has 0 unspecified atom stereocenters. The van der Waals surface area contributed by atoms with Crippen LogP contribution in [-0.4, -0.2) is 98.5 Å². The minimum Gasteiger partial charge on any atom is -0.494 e. The topological polar surface area (TPSA) is 108 Å². The molecule has 0 radical (unpaired) electrons. The van der Waals surface area contributed by atoms with Crippen LogP contribution in [0.4, 0.5) is 13.2 Å². The third-order valence-corrected chi connectivity index (χ3v) is 4.78. The third-order valence-electron chi connectivity index (χ3n) is 4.78. The molecule has 2 amide bonds. The van der Waals surface area contributed by atoms with Crippen molar-refractivity contribution in [1.82, 2.24) is 15.1 Å². The van der Waals surface area contributed by atoms with E-state index in [0.29, 0.717) is 38.3 Å². The number of piperazine rings is 1. The van der Waals surface area contributed by atoms with Crippen molar-refractivity contribution in [2.75, 3.05) is 59.6 Å². The number of nitrogens with zero attached hydrogens (tertiary/aromatic N) is 2. The molecule has 0 saturated carbocycles. The van der Waals surface area contributed by atoms with E-state index in [4.69, 9.17) is 19.4 Å². The standard InChI is InChI=1S/C20H31N3O4.C2HF3O2/c1-3-27-18-7-5-17(6-8-18)20(25)23(12-4-16-26-2)13-9-19(24)22-14-10-21-11-15-22;3-2(4,5)1(6)7/h5-8,21H,3-4,9-16H2,1-2H3;(H,6,7). The summed E-state index contributed by atoms with van der Waals surface area (Å²) < 4.78 is 42.3. The van der Waals surface area contributed by atoms with E-state index in [9.17, 15) is 22.8 Å². The number of aliphatic carboxylic acids is 1. The summed E-state index contributed by atoms with van der Waals surface area (Å²) in [6.07, 6.45) is -4.00. The van der Waals surface area contributed by atoms with E-state index in [1.165, 1.54) is 0 Å². The van der Waals surface area contributed by atoms with Gasteiger partial charge in [-0.2, -0.15) is 13.2 Å². The summed E-state index contributed by atoms with van der Waals surface area (Å²) in [6.45, 7) is 7.19. The van der Waals surface area contributed by atoms with Crippen LogP contribution in [0.1, 0.15) is 30.1 Å². The van der Waals surface area contributed by atoms with Crippen LogP contribution in [0.15, 0.2) is 24.3 Å². The van der Waals surface area contributed by atoms with Gasteiger partial charge >= 0.3 is 12.1 Å². The number of carbonyl (C=O) groups excluding carboxylic acids is 2. The Kier molecular flexibility index (Phi) is 13.0. The second kappa shape index (κ2) is 15.1. The van der Waals surface area contributed by atoms with Gasteiger partial charge in [0.05, 0.1) is 6.61 Å². The van der Waals surface area contributed by atoms with Crippen molar-refractivity contribution >= 4 is 17.8 Å². The SMILES string of the molecule is CCOc1ccc(C(=O)N(CCCOC)CCC(=O)N2CCNCC2)cc1.O=C(O)C(F)(F)F. The van der Waals surface area contributed by atoms with Crippen molar-refractivity contribution in [1.29, 1.82) is 0 Å². The molecule has 192 valence electrons. The van der Waals surface area contributed by atoms with Crippen LogP contribution in [0.3, 0.4) is 0 Å². The summed E-state index contributed by atoms with van der Waals surface area (Å²) in [6, 6.07) is 7.15. The van der Waals surface area contributed by atoms with E-state index in [2.05, 4.69) is 5.32 Å². The monoisotopic (exact) mass is 491 g/mol. The Morgan fingerprint density at radius 1 is 1.12 bits per heavy atom. The average Bonchev–Trinajstić information content (AvgIpc) is 2.82. The Labute approximate surface area is 196 Å². The molecule has 1 fully saturated rings. The highest BCUT2D eigenvalue weighted by Gasteiger charge is 2.38. The first-order valence-corrected chi connectivity index (χ1v) is 10.9. The van der Waals surface area contributed by atoms with E-state index in [0.717, 1.165) is 38.3 Å². The molecule has 9 nitrogen and oxygen atoms in total. The Bertz CT molecular complexity index is 768. The first-order valence-electron chi connectivity index (χ1n) is 10.9. The maximum atomic E-state index is 12.9. The van der Waals surface area contributed by atoms with Gasteiger partial charge in [0.25, 0.3) is 5.91 Å². The van der Waals surface area contributed by atoms with Gasteiger partial charge in [-0.05, 0) is 37.6 Å². The average molecular weight is 492 g/mol. The number of carboxylic acid groups (broad SMARTS) is 1. The van der Waals surface area contributed by atoms with Crippen LogP contribution in [-0.2, 0) is 14.3 Å². The van der Waals surface area contributed by atoms with E-state index < -0.39 is 12.1 Å². The minimum atomic E-state index is -5.08. The van der Waals surface area contributed by atoms with Crippen molar-refractivity contribution < 1.29 is 42.1 Å². The van der Waals surface area contributed by atoms with Crippen molar-refractivity contribution in [3.63, 3.8) is 0 Å². The molecule has 2 rings (SSSR count). The Balaban J connectivity index is 0.000000718. The van der Waals surface area contributed by atoms with Crippen LogP contribution in [0.25, 0.3) is 0 Å². The quantitative estimate of drug-likeness (QED) is 0.482. The lowest BCUT2D eigenvalue weighted by molar-refractivity contribution is -0.192. The molecule has 1 saturated heterocycles. The van der Waals surface area contributed by atoms with Gasteiger partial charge in [0.2, 0.25) is 5.91 Å². The highest BCUT2D eigenvalue weighted by atomic mass is 19.4. The maximum absolute atomic E-state index is 12.9. The fraction of sp³-hybridized carbons (Fsp3) is 0.591. The molecule has 1 aliphatic rings. The van der Waals surface area contributed by atoms with Gasteiger partial charge in [0.1, 0.15) is 5.75 Å². The zero-order valence-electron chi connectivity index (χ0n) is 19.4. The smallest absolute Gasteiger partial charge is 0.490 e. The zero-order valence-corrected chi connectivity index (χ0v) is 19.4. The maximum Gasteiger partial charge on any atom is 0.490 e.